The Bertz CT molecular complexity index is 417. The van der Waals surface area contributed by atoms with Crippen LogP contribution < -0.4 is 11.1 Å². The fourth-order valence-electron chi connectivity index (χ4n) is 1.69. The van der Waals surface area contributed by atoms with Crippen LogP contribution in [-0.2, 0) is 9.53 Å². The lowest BCUT2D eigenvalue weighted by molar-refractivity contribution is -0.116. The minimum Gasteiger partial charge on any atom is -0.399 e. The summed E-state index contributed by atoms with van der Waals surface area (Å²) in [6.45, 7) is 7.52. The quantitative estimate of drug-likeness (QED) is 0.588. The number of nitrogens with two attached hydrogens (primary N) is 1. The Labute approximate surface area is 115 Å². The summed E-state index contributed by atoms with van der Waals surface area (Å²) < 4.78 is 5.44. The van der Waals surface area contributed by atoms with Crippen LogP contribution in [0.4, 0.5) is 11.4 Å². The van der Waals surface area contributed by atoms with Crippen LogP contribution in [0.15, 0.2) is 18.2 Å². The zero-order valence-electron chi connectivity index (χ0n) is 12.0. The van der Waals surface area contributed by atoms with E-state index < -0.39 is 0 Å². The number of hydrogen-bond donors (Lipinski definition) is 2. The number of nitrogen functional groups attached to an aromatic ring is 1. The molecule has 0 aliphatic carbocycles. The normalized spacial score (nSPS) is 10.7. The Morgan fingerprint density at radius 2 is 2.16 bits per heavy atom. The van der Waals surface area contributed by atoms with Crippen LogP contribution in [0.5, 0.6) is 0 Å². The molecule has 0 spiro atoms. The molecule has 4 nitrogen and oxygen atoms in total. The molecule has 1 aromatic rings. The first kappa shape index (κ1) is 15.5. The molecule has 0 saturated carbocycles. The summed E-state index contributed by atoms with van der Waals surface area (Å²) >= 11 is 0. The first-order valence-corrected chi connectivity index (χ1v) is 6.72. The van der Waals surface area contributed by atoms with Gasteiger partial charge >= 0.3 is 0 Å². The van der Waals surface area contributed by atoms with E-state index in [1.807, 2.05) is 19.1 Å². The van der Waals surface area contributed by atoms with Crippen molar-refractivity contribution in [1.29, 1.82) is 0 Å². The van der Waals surface area contributed by atoms with Gasteiger partial charge in [0.2, 0.25) is 5.91 Å². The Morgan fingerprint density at radius 3 is 2.79 bits per heavy atom. The van der Waals surface area contributed by atoms with E-state index in [0.717, 1.165) is 24.3 Å². The molecular weight excluding hydrogens is 240 g/mol. The lowest BCUT2D eigenvalue weighted by Crippen LogP contribution is -2.13. The zero-order chi connectivity index (χ0) is 14.3. The van der Waals surface area contributed by atoms with Gasteiger partial charge in [0.1, 0.15) is 0 Å². The maximum absolute atomic E-state index is 11.7. The highest BCUT2D eigenvalue weighted by molar-refractivity contribution is 5.91. The van der Waals surface area contributed by atoms with Crippen LogP contribution in [-0.4, -0.2) is 19.1 Å². The van der Waals surface area contributed by atoms with Crippen molar-refractivity contribution >= 4 is 17.3 Å². The molecule has 0 heterocycles. The second-order valence-corrected chi connectivity index (χ2v) is 5.19. The molecule has 0 saturated heterocycles. The maximum atomic E-state index is 11.7. The van der Waals surface area contributed by atoms with Gasteiger partial charge in [0.25, 0.3) is 0 Å². The summed E-state index contributed by atoms with van der Waals surface area (Å²) in [4.78, 5) is 11.7. The topological polar surface area (TPSA) is 64.3 Å². The standard InChI is InChI=1S/C15H24N2O2/c1-11(2)10-19-8-4-5-15(18)17-14-7-6-13(16)9-12(14)3/h6-7,9,11H,4-5,8,10,16H2,1-3H3,(H,17,18). The van der Waals surface area contributed by atoms with Gasteiger partial charge in [0.05, 0.1) is 0 Å². The Kier molecular flexibility index (Phi) is 6.36. The summed E-state index contributed by atoms with van der Waals surface area (Å²) in [6, 6.07) is 5.47. The van der Waals surface area contributed by atoms with Gasteiger partial charge in [-0.15, -0.1) is 0 Å². The molecule has 0 aromatic heterocycles. The Balaban J connectivity index is 2.27. The fourth-order valence-corrected chi connectivity index (χ4v) is 1.69. The van der Waals surface area contributed by atoms with E-state index in [-0.39, 0.29) is 5.91 Å². The molecule has 1 rings (SSSR count). The molecule has 0 unspecified atom stereocenters. The van der Waals surface area contributed by atoms with Crippen molar-refractivity contribution in [3.63, 3.8) is 0 Å². The number of anilines is 2. The number of amides is 1. The first-order valence-electron chi connectivity index (χ1n) is 6.72. The van der Waals surface area contributed by atoms with Crippen molar-refractivity contribution in [2.45, 2.75) is 33.6 Å². The Morgan fingerprint density at radius 1 is 1.42 bits per heavy atom. The predicted octanol–water partition coefficient (Wildman–Crippen LogP) is 2.97. The minimum absolute atomic E-state index is 0.0148. The number of hydrogen-bond acceptors (Lipinski definition) is 3. The third kappa shape index (κ3) is 6.25. The predicted molar refractivity (Wildman–Crippen MR) is 79.1 cm³/mol. The molecule has 4 heteroatoms. The summed E-state index contributed by atoms with van der Waals surface area (Å²) in [5.74, 6) is 0.548. The number of nitrogens with one attached hydrogen (secondary N) is 1. The number of benzene rings is 1. The van der Waals surface area contributed by atoms with Crippen LogP contribution in [0, 0.1) is 12.8 Å². The largest absolute Gasteiger partial charge is 0.399 e. The van der Waals surface area contributed by atoms with Gasteiger partial charge in [0, 0.05) is 31.0 Å². The van der Waals surface area contributed by atoms with E-state index in [9.17, 15) is 4.79 Å². The van der Waals surface area contributed by atoms with Crippen molar-refractivity contribution in [3.05, 3.63) is 23.8 Å². The number of carbonyl (C=O) groups excluding carboxylic acids is 1. The summed E-state index contributed by atoms with van der Waals surface area (Å²) in [7, 11) is 0. The zero-order valence-corrected chi connectivity index (χ0v) is 12.0. The van der Waals surface area contributed by atoms with E-state index >= 15 is 0 Å². The minimum atomic E-state index is 0.0148. The molecule has 0 aliphatic heterocycles. The van der Waals surface area contributed by atoms with Crippen molar-refractivity contribution in [2.75, 3.05) is 24.3 Å². The van der Waals surface area contributed by atoms with E-state index in [1.54, 1.807) is 6.07 Å². The van der Waals surface area contributed by atoms with Gasteiger partial charge in [-0.25, -0.2) is 0 Å². The van der Waals surface area contributed by atoms with Gasteiger partial charge in [-0.3, -0.25) is 4.79 Å². The molecular formula is C15H24N2O2. The highest BCUT2D eigenvalue weighted by Crippen LogP contribution is 2.17. The molecule has 0 atom stereocenters. The van der Waals surface area contributed by atoms with Gasteiger partial charge < -0.3 is 15.8 Å². The van der Waals surface area contributed by atoms with E-state index in [2.05, 4.69) is 19.2 Å². The third-order valence-corrected chi connectivity index (χ3v) is 2.67. The first-order chi connectivity index (χ1) is 8.99. The Hall–Kier alpha value is -1.55. The van der Waals surface area contributed by atoms with Crippen molar-refractivity contribution in [3.8, 4) is 0 Å². The lowest BCUT2D eigenvalue weighted by atomic mass is 10.1. The molecule has 1 amide bonds. The van der Waals surface area contributed by atoms with Gasteiger partial charge in [0.15, 0.2) is 0 Å². The van der Waals surface area contributed by atoms with Crippen LogP contribution in [0.3, 0.4) is 0 Å². The number of aryl methyl sites for hydroxylation is 1. The SMILES string of the molecule is Cc1cc(N)ccc1NC(=O)CCCOCC(C)C. The van der Waals surface area contributed by atoms with Crippen LogP contribution in [0.2, 0.25) is 0 Å². The van der Waals surface area contributed by atoms with Crippen molar-refractivity contribution in [2.24, 2.45) is 5.92 Å². The van der Waals surface area contributed by atoms with Crippen molar-refractivity contribution < 1.29 is 9.53 Å². The molecule has 3 N–H and O–H groups in total. The molecule has 0 fully saturated rings. The lowest BCUT2D eigenvalue weighted by Gasteiger charge is -2.09. The third-order valence-electron chi connectivity index (χ3n) is 2.67. The summed E-state index contributed by atoms with van der Waals surface area (Å²) in [5.41, 5.74) is 8.17. The van der Waals surface area contributed by atoms with Crippen LogP contribution in [0.25, 0.3) is 0 Å². The smallest absolute Gasteiger partial charge is 0.224 e. The fraction of sp³-hybridized carbons (Fsp3) is 0.533. The monoisotopic (exact) mass is 264 g/mol. The number of carbonyl (C=O) groups is 1. The molecule has 0 aliphatic rings. The van der Waals surface area contributed by atoms with E-state index in [4.69, 9.17) is 10.5 Å². The van der Waals surface area contributed by atoms with Crippen LogP contribution >= 0.6 is 0 Å². The number of ether oxygens (including phenoxy) is 1. The highest BCUT2D eigenvalue weighted by atomic mass is 16.5. The van der Waals surface area contributed by atoms with E-state index in [1.165, 1.54) is 0 Å². The molecule has 19 heavy (non-hydrogen) atoms. The average molecular weight is 264 g/mol. The summed E-state index contributed by atoms with van der Waals surface area (Å²) in [6.07, 6.45) is 1.22. The molecule has 1 aromatic carbocycles. The second-order valence-electron chi connectivity index (χ2n) is 5.19. The maximum Gasteiger partial charge on any atom is 0.224 e. The van der Waals surface area contributed by atoms with E-state index in [0.29, 0.717) is 24.6 Å². The van der Waals surface area contributed by atoms with Gasteiger partial charge in [-0.1, -0.05) is 13.8 Å². The van der Waals surface area contributed by atoms with Gasteiger partial charge in [-0.2, -0.15) is 0 Å². The van der Waals surface area contributed by atoms with Crippen molar-refractivity contribution in [1.82, 2.24) is 0 Å². The molecule has 106 valence electrons. The molecule has 0 bridgehead atoms. The molecule has 0 radical (unpaired) electrons. The van der Waals surface area contributed by atoms with Gasteiger partial charge in [-0.05, 0) is 43.0 Å². The number of rotatable bonds is 7. The average Bonchev–Trinajstić information content (AvgIpc) is 2.32. The highest BCUT2D eigenvalue weighted by Gasteiger charge is 2.05. The van der Waals surface area contributed by atoms with Crippen LogP contribution in [0.1, 0.15) is 32.3 Å². The summed E-state index contributed by atoms with van der Waals surface area (Å²) in [5, 5.41) is 2.89. The second kappa shape index (κ2) is 7.79.